The summed E-state index contributed by atoms with van der Waals surface area (Å²) in [5.41, 5.74) is -0.130. The van der Waals surface area contributed by atoms with Gasteiger partial charge in [0.1, 0.15) is 4.90 Å². The molecule has 0 aromatic heterocycles. The predicted molar refractivity (Wildman–Crippen MR) is 124 cm³/mol. The summed E-state index contributed by atoms with van der Waals surface area (Å²) in [6.45, 7) is 8.74. The third kappa shape index (κ3) is 6.93. The molecule has 0 aliphatic rings. The van der Waals surface area contributed by atoms with E-state index < -0.39 is 21.5 Å². The zero-order valence-electron chi connectivity index (χ0n) is 17.8. The third-order valence-electron chi connectivity index (χ3n) is 3.82. The van der Waals surface area contributed by atoms with Crippen LogP contribution in [0.2, 0.25) is 10.0 Å². The molecular weight excluding hydrogens is 461 g/mol. The zero-order chi connectivity index (χ0) is 23.6. The average molecular weight is 486 g/mol. The minimum absolute atomic E-state index is 0.0151. The lowest BCUT2D eigenvalue weighted by atomic mass is 10.1. The summed E-state index contributed by atoms with van der Waals surface area (Å²) in [6, 6.07) is 8.36. The second-order valence-corrected chi connectivity index (χ2v) is 10.7. The van der Waals surface area contributed by atoms with Crippen LogP contribution in [0.4, 0.5) is 5.69 Å². The molecule has 0 spiro atoms. The molecule has 0 aliphatic heterocycles. The van der Waals surface area contributed by atoms with E-state index in [2.05, 4.69) is 15.4 Å². The number of halogens is 2. The summed E-state index contributed by atoms with van der Waals surface area (Å²) in [5, 5.41) is 5.58. The number of benzene rings is 2. The monoisotopic (exact) mass is 485 g/mol. The van der Waals surface area contributed by atoms with Crippen LogP contribution in [0.3, 0.4) is 0 Å². The Morgan fingerprint density at radius 2 is 1.45 bits per heavy atom. The van der Waals surface area contributed by atoms with Gasteiger partial charge in [0, 0.05) is 22.7 Å². The van der Waals surface area contributed by atoms with E-state index >= 15 is 0 Å². The highest BCUT2D eigenvalue weighted by Gasteiger charge is 2.25. The van der Waals surface area contributed by atoms with Crippen LogP contribution < -0.4 is 15.4 Å². The molecule has 0 bridgehead atoms. The fourth-order valence-corrected chi connectivity index (χ4v) is 4.72. The summed E-state index contributed by atoms with van der Waals surface area (Å²) in [4.78, 5) is 24.8. The number of carbonyl (C=O) groups excluding carboxylic acids is 2. The Morgan fingerprint density at radius 3 is 2.00 bits per heavy atom. The standard InChI is InChI=1S/C21H25Cl2N3O4S/c1-12(2)24-19(27)13-6-8-15(22)17(10-13)25-20(28)14-7-9-16(23)18(11-14)31(29,30)26-21(3,4)5/h6-12,26H,1-5H3,(H,24,27)(H,25,28). The molecule has 0 radical (unpaired) electrons. The highest BCUT2D eigenvalue weighted by Crippen LogP contribution is 2.27. The van der Waals surface area contributed by atoms with E-state index in [0.29, 0.717) is 5.56 Å². The maximum Gasteiger partial charge on any atom is 0.255 e. The van der Waals surface area contributed by atoms with Gasteiger partial charge in [-0.05, 0) is 71.0 Å². The summed E-state index contributed by atoms with van der Waals surface area (Å²) in [7, 11) is -3.96. The van der Waals surface area contributed by atoms with Crippen molar-refractivity contribution >= 4 is 50.7 Å². The van der Waals surface area contributed by atoms with Gasteiger partial charge in [-0.3, -0.25) is 9.59 Å². The first-order valence-corrected chi connectivity index (χ1v) is 11.7. The van der Waals surface area contributed by atoms with Gasteiger partial charge in [0.05, 0.1) is 15.7 Å². The van der Waals surface area contributed by atoms with Crippen LogP contribution in [-0.2, 0) is 10.0 Å². The van der Waals surface area contributed by atoms with Crippen LogP contribution in [0.25, 0.3) is 0 Å². The molecule has 168 valence electrons. The largest absolute Gasteiger partial charge is 0.350 e. The van der Waals surface area contributed by atoms with Crippen LogP contribution in [-0.4, -0.2) is 31.8 Å². The molecule has 0 fully saturated rings. The highest BCUT2D eigenvalue weighted by atomic mass is 35.5. The Kier molecular flexibility index (Phi) is 7.75. The van der Waals surface area contributed by atoms with Crippen molar-refractivity contribution < 1.29 is 18.0 Å². The third-order valence-corrected chi connectivity index (χ3v) is 6.39. The molecule has 0 heterocycles. The maximum atomic E-state index is 12.8. The van der Waals surface area contributed by atoms with E-state index in [-0.39, 0.29) is 38.1 Å². The van der Waals surface area contributed by atoms with Crippen molar-refractivity contribution in [3.8, 4) is 0 Å². The van der Waals surface area contributed by atoms with Gasteiger partial charge >= 0.3 is 0 Å². The molecule has 3 N–H and O–H groups in total. The first kappa shape index (κ1) is 25.1. The fraction of sp³-hybridized carbons (Fsp3) is 0.333. The molecule has 0 atom stereocenters. The quantitative estimate of drug-likeness (QED) is 0.561. The first-order valence-electron chi connectivity index (χ1n) is 9.45. The number of anilines is 1. The maximum absolute atomic E-state index is 12.8. The molecule has 2 aromatic rings. The lowest BCUT2D eigenvalue weighted by Gasteiger charge is -2.21. The van der Waals surface area contributed by atoms with Crippen molar-refractivity contribution in [1.29, 1.82) is 0 Å². The molecule has 2 amide bonds. The number of amides is 2. The molecule has 0 saturated heterocycles. The van der Waals surface area contributed by atoms with Crippen molar-refractivity contribution in [1.82, 2.24) is 10.0 Å². The van der Waals surface area contributed by atoms with Crippen molar-refractivity contribution in [3.05, 3.63) is 57.6 Å². The van der Waals surface area contributed by atoms with E-state index in [4.69, 9.17) is 23.2 Å². The molecule has 0 saturated carbocycles. The fourth-order valence-electron chi connectivity index (χ4n) is 2.61. The number of hydrogen-bond donors (Lipinski definition) is 3. The van der Waals surface area contributed by atoms with Gasteiger partial charge < -0.3 is 10.6 Å². The first-order chi connectivity index (χ1) is 14.2. The van der Waals surface area contributed by atoms with E-state index in [1.165, 1.54) is 30.3 Å². The lowest BCUT2D eigenvalue weighted by molar-refractivity contribution is 0.0941. The van der Waals surface area contributed by atoms with Crippen LogP contribution in [0.5, 0.6) is 0 Å². The summed E-state index contributed by atoms with van der Waals surface area (Å²) in [6.07, 6.45) is 0. The molecule has 7 nitrogen and oxygen atoms in total. The molecular formula is C21H25Cl2N3O4S. The Bertz CT molecular complexity index is 1110. The smallest absolute Gasteiger partial charge is 0.255 e. The van der Waals surface area contributed by atoms with Crippen LogP contribution in [0.1, 0.15) is 55.3 Å². The van der Waals surface area contributed by atoms with Crippen molar-refractivity contribution in [3.63, 3.8) is 0 Å². The van der Waals surface area contributed by atoms with Crippen LogP contribution >= 0.6 is 23.2 Å². The molecule has 2 rings (SSSR count). The summed E-state index contributed by atoms with van der Waals surface area (Å²) in [5.74, 6) is -0.914. The number of nitrogens with one attached hydrogen (secondary N) is 3. The van der Waals surface area contributed by atoms with Gasteiger partial charge in [0.25, 0.3) is 11.8 Å². The highest BCUT2D eigenvalue weighted by molar-refractivity contribution is 7.89. The minimum Gasteiger partial charge on any atom is -0.350 e. The van der Waals surface area contributed by atoms with Gasteiger partial charge in [0.15, 0.2) is 0 Å². The average Bonchev–Trinajstić information content (AvgIpc) is 2.61. The Labute approximate surface area is 192 Å². The SMILES string of the molecule is CC(C)NC(=O)c1ccc(Cl)c(NC(=O)c2ccc(Cl)c(S(=O)(=O)NC(C)(C)C)c2)c1. The Hall–Kier alpha value is -2.13. The molecule has 0 aliphatic carbocycles. The molecule has 2 aromatic carbocycles. The molecule has 0 unspecified atom stereocenters. The topological polar surface area (TPSA) is 104 Å². The van der Waals surface area contributed by atoms with Gasteiger partial charge in [-0.25, -0.2) is 13.1 Å². The second kappa shape index (κ2) is 9.56. The number of rotatable bonds is 6. The van der Waals surface area contributed by atoms with Gasteiger partial charge in [-0.1, -0.05) is 23.2 Å². The molecule has 31 heavy (non-hydrogen) atoms. The summed E-state index contributed by atoms with van der Waals surface area (Å²) >= 11 is 12.2. The number of sulfonamides is 1. The Morgan fingerprint density at radius 1 is 0.903 bits per heavy atom. The van der Waals surface area contributed by atoms with E-state index in [0.717, 1.165) is 0 Å². The van der Waals surface area contributed by atoms with E-state index in [9.17, 15) is 18.0 Å². The normalized spacial score (nSPS) is 12.0. The minimum atomic E-state index is -3.96. The number of carbonyl (C=O) groups is 2. The van der Waals surface area contributed by atoms with Gasteiger partial charge in [-0.2, -0.15) is 0 Å². The zero-order valence-corrected chi connectivity index (χ0v) is 20.2. The summed E-state index contributed by atoms with van der Waals surface area (Å²) < 4.78 is 27.8. The second-order valence-electron chi connectivity index (χ2n) is 8.28. The van der Waals surface area contributed by atoms with Crippen molar-refractivity contribution in [2.75, 3.05) is 5.32 Å². The number of hydrogen-bond acceptors (Lipinski definition) is 4. The van der Waals surface area contributed by atoms with Crippen molar-refractivity contribution in [2.45, 2.75) is 51.1 Å². The van der Waals surface area contributed by atoms with E-state index in [1.807, 2.05) is 13.8 Å². The Balaban J connectivity index is 2.34. The van der Waals surface area contributed by atoms with Gasteiger partial charge in [-0.15, -0.1) is 0 Å². The van der Waals surface area contributed by atoms with Crippen LogP contribution in [0, 0.1) is 0 Å². The lowest BCUT2D eigenvalue weighted by Crippen LogP contribution is -2.40. The van der Waals surface area contributed by atoms with Crippen molar-refractivity contribution in [2.24, 2.45) is 0 Å². The predicted octanol–water partition coefficient (Wildman–Crippen LogP) is 4.46. The molecule has 10 heteroatoms. The van der Waals surface area contributed by atoms with Crippen LogP contribution in [0.15, 0.2) is 41.3 Å². The van der Waals surface area contributed by atoms with Gasteiger partial charge in [0.2, 0.25) is 10.0 Å². The van der Waals surface area contributed by atoms with E-state index in [1.54, 1.807) is 26.8 Å².